The van der Waals surface area contributed by atoms with Gasteiger partial charge in [-0.15, -0.1) is 11.8 Å². The highest BCUT2D eigenvalue weighted by Crippen LogP contribution is 2.69. The number of nitro groups is 1. The number of thioether (sulfide) groups is 1. The summed E-state index contributed by atoms with van der Waals surface area (Å²) >= 11 is 1.75. The number of likely N-dealkylation sites (N-methyl/N-ethyl adjacent to an activating group) is 1. The number of benzene rings is 3. The van der Waals surface area contributed by atoms with Gasteiger partial charge in [0.1, 0.15) is 5.54 Å². The number of aryl methyl sites for hydroxylation is 2. The summed E-state index contributed by atoms with van der Waals surface area (Å²) in [5.74, 6) is 0.679. The lowest BCUT2D eigenvalue weighted by molar-refractivity contribution is -0.385. The number of Topliss-reactive ketones (excluding diaryl/α,β-unsaturated/α-hetero) is 1. The number of fused-ring (bicyclic) bond motifs is 5. The van der Waals surface area contributed by atoms with Crippen LogP contribution in [0.5, 0.6) is 0 Å². The molecule has 3 aromatic carbocycles. The molecule has 42 heavy (non-hydrogen) atoms. The summed E-state index contributed by atoms with van der Waals surface area (Å²) in [6.07, 6.45) is 1.98. The maximum absolute atomic E-state index is 15.4. The van der Waals surface area contributed by atoms with E-state index in [4.69, 9.17) is 0 Å². The molecule has 4 aliphatic rings. The van der Waals surface area contributed by atoms with Crippen molar-refractivity contribution in [2.24, 2.45) is 5.41 Å². The smallest absolute Gasteiger partial charge is 0.269 e. The second kappa shape index (κ2) is 9.62. The van der Waals surface area contributed by atoms with E-state index in [0.29, 0.717) is 35.8 Å². The van der Waals surface area contributed by atoms with Gasteiger partial charge in [0.25, 0.3) is 11.6 Å². The maximum atomic E-state index is 15.4. The van der Waals surface area contributed by atoms with E-state index in [1.165, 1.54) is 12.1 Å². The van der Waals surface area contributed by atoms with E-state index in [2.05, 4.69) is 34.2 Å². The standard InChI is InChI=1S/C33H32N4O4S/c1-20-8-4-6-10-22(20)14-23-16-35(3)18-32(30(23)38)29(25-11-7-5-9-21(25)2)28-17-42-19-36(28)33(32)26-15-24(37(40)41)12-13-27(26)34-31(33)39/h4-15,28-29H,16-19H2,1-3H3,(H,34,39)/b23-14+/t28-,29+,32-,33-/m0/s1. The van der Waals surface area contributed by atoms with Crippen molar-refractivity contribution in [1.82, 2.24) is 9.80 Å². The van der Waals surface area contributed by atoms with Gasteiger partial charge in [0.15, 0.2) is 5.78 Å². The highest BCUT2D eigenvalue weighted by Gasteiger charge is 2.78. The molecule has 9 heteroatoms. The van der Waals surface area contributed by atoms with Crippen LogP contribution in [0.2, 0.25) is 0 Å². The molecule has 2 spiro atoms. The van der Waals surface area contributed by atoms with Crippen molar-refractivity contribution in [2.75, 3.05) is 37.1 Å². The van der Waals surface area contributed by atoms with E-state index in [1.807, 2.05) is 56.4 Å². The number of amides is 1. The van der Waals surface area contributed by atoms with Crippen molar-refractivity contribution >= 4 is 40.9 Å². The van der Waals surface area contributed by atoms with Crippen LogP contribution in [0.15, 0.2) is 72.3 Å². The van der Waals surface area contributed by atoms with Crippen LogP contribution in [-0.4, -0.2) is 64.2 Å². The average molecular weight is 581 g/mol. The predicted molar refractivity (Wildman–Crippen MR) is 164 cm³/mol. The highest BCUT2D eigenvalue weighted by atomic mass is 32.2. The summed E-state index contributed by atoms with van der Waals surface area (Å²) in [6.45, 7) is 4.89. The lowest BCUT2D eigenvalue weighted by Crippen LogP contribution is -2.65. The molecule has 214 valence electrons. The first-order chi connectivity index (χ1) is 20.2. The first kappa shape index (κ1) is 27.1. The zero-order chi connectivity index (χ0) is 29.4. The molecule has 0 bridgehead atoms. The molecule has 1 N–H and O–H groups in total. The lowest BCUT2D eigenvalue weighted by Gasteiger charge is -2.51. The molecular formula is C33H32N4O4S. The number of likely N-dealkylation sites (tertiary alicyclic amines) is 1. The molecule has 1 amide bonds. The Kier molecular flexibility index (Phi) is 6.20. The molecule has 3 fully saturated rings. The van der Waals surface area contributed by atoms with Gasteiger partial charge in [-0.1, -0.05) is 48.5 Å². The number of nitro benzene ring substituents is 1. The summed E-state index contributed by atoms with van der Waals surface area (Å²) in [6, 6.07) is 20.6. The molecule has 0 saturated carbocycles. The molecular weight excluding hydrogens is 548 g/mol. The van der Waals surface area contributed by atoms with Gasteiger partial charge in [0.2, 0.25) is 0 Å². The van der Waals surface area contributed by atoms with Gasteiger partial charge in [-0.25, -0.2) is 0 Å². The second-order valence-electron chi connectivity index (χ2n) is 12.0. The maximum Gasteiger partial charge on any atom is 0.269 e. The van der Waals surface area contributed by atoms with Gasteiger partial charge in [0, 0.05) is 65.6 Å². The molecule has 4 atom stereocenters. The van der Waals surface area contributed by atoms with Crippen molar-refractivity contribution in [3.05, 3.63) is 110 Å². The number of nitrogens with one attached hydrogen (secondary N) is 1. The number of ketones is 1. The summed E-state index contributed by atoms with van der Waals surface area (Å²) in [5, 5.41) is 15.1. The number of carbonyl (C=O) groups is 2. The predicted octanol–water partition coefficient (Wildman–Crippen LogP) is 5.12. The number of hydrogen-bond donors (Lipinski definition) is 1. The van der Waals surface area contributed by atoms with E-state index in [0.717, 1.165) is 28.0 Å². The topological polar surface area (TPSA) is 95.8 Å². The molecule has 0 aromatic heterocycles. The third-order valence-electron chi connectivity index (χ3n) is 9.79. The number of non-ortho nitro benzene ring substituents is 1. The third-order valence-corrected chi connectivity index (χ3v) is 10.8. The van der Waals surface area contributed by atoms with Crippen LogP contribution in [0, 0.1) is 29.4 Å². The number of rotatable bonds is 3. The van der Waals surface area contributed by atoms with E-state index >= 15 is 4.79 Å². The van der Waals surface area contributed by atoms with Crippen molar-refractivity contribution in [3.8, 4) is 0 Å². The second-order valence-corrected chi connectivity index (χ2v) is 13.0. The lowest BCUT2D eigenvalue weighted by atomic mass is 9.55. The summed E-state index contributed by atoms with van der Waals surface area (Å²) in [5.41, 5.74) is 3.15. The average Bonchev–Trinajstić information content (AvgIpc) is 3.61. The third kappa shape index (κ3) is 3.50. The Morgan fingerprint density at radius 1 is 1.05 bits per heavy atom. The molecule has 3 aromatic rings. The van der Waals surface area contributed by atoms with Crippen LogP contribution in [0.1, 0.15) is 33.7 Å². The van der Waals surface area contributed by atoms with Crippen molar-refractivity contribution in [1.29, 1.82) is 0 Å². The van der Waals surface area contributed by atoms with E-state index in [1.54, 1.807) is 17.8 Å². The van der Waals surface area contributed by atoms with Crippen LogP contribution < -0.4 is 5.32 Å². The SMILES string of the molecule is Cc1ccccc1/C=C1\CN(C)C[C@@]2(C1=O)[C@H](c1ccccc1C)[C@@H]1CSCN1[C@@]21C(=O)Nc2ccc([N+](=O)[O-])cc21. The molecule has 7 rings (SSSR count). The zero-order valence-electron chi connectivity index (χ0n) is 23.8. The molecule has 0 aliphatic carbocycles. The fraction of sp³-hybridized carbons (Fsp3) is 0.333. The van der Waals surface area contributed by atoms with Crippen LogP contribution >= 0.6 is 11.8 Å². The van der Waals surface area contributed by atoms with Gasteiger partial charge < -0.3 is 10.2 Å². The molecule has 0 radical (unpaired) electrons. The van der Waals surface area contributed by atoms with Gasteiger partial charge >= 0.3 is 0 Å². The number of hydrogen-bond acceptors (Lipinski definition) is 7. The van der Waals surface area contributed by atoms with Gasteiger partial charge in [-0.2, -0.15) is 0 Å². The van der Waals surface area contributed by atoms with E-state index in [-0.39, 0.29) is 29.3 Å². The fourth-order valence-electron chi connectivity index (χ4n) is 8.18. The monoisotopic (exact) mass is 580 g/mol. The van der Waals surface area contributed by atoms with E-state index in [9.17, 15) is 14.9 Å². The number of anilines is 1. The number of carbonyl (C=O) groups excluding carboxylic acids is 2. The minimum absolute atomic E-state index is 0.0500. The van der Waals surface area contributed by atoms with Crippen LogP contribution in [0.25, 0.3) is 6.08 Å². The van der Waals surface area contributed by atoms with Crippen molar-refractivity contribution in [2.45, 2.75) is 31.3 Å². The molecule has 0 unspecified atom stereocenters. The van der Waals surface area contributed by atoms with Gasteiger partial charge in [-0.05, 0) is 55.3 Å². The summed E-state index contributed by atoms with van der Waals surface area (Å²) in [4.78, 5) is 46.0. The molecule has 3 saturated heterocycles. The van der Waals surface area contributed by atoms with Gasteiger partial charge in [-0.3, -0.25) is 24.6 Å². The Hall–Kier alpha value is -3.79. The largest absolute Gasteiger partial charge is 0.324 e. The molecule has 4 heterocycles. The van der Waals surface area contributed by atoms with Crippen molar-refractivity contribution in [3.63, 3.8) is 0 Å². The van der Waals surface area contributed by atoms with Gasteiger partial charge in [0.05, 0.1) is 10.3 Å². The first-order valence-corrected chi connectivity index (χ1v) is 15.4. The Balaban J connectivity index is 1.57. The van der Waals surface area contributed by atoms with Crippen molar-refractivity contribution < 1.29 is 14.5 Å². The quantitative estimate of drug-likeness (QED) is 0.261. The fourth-order valence-corrected chi connectivity index (χ4v) is 9.48. The minimum Gasteiger partial charge on any atom is -0.324 e. The normalized spacial score (nSPS) is 29.8. The molecule has 4 aliphatic heterocycles. The van der Waals surface area contributed by atoms with Crippen LogP contribution in [0.4, 0.5) is 11.4 Å². The Labute approximate surface area is 248 Å². The number of piperidine rings is 1. The van der Waals surface area contributed by atoms with E-state index < -0.39 is 15.9 Å². The molecule has 8 nitrogen and oxygen atoms in total. The van der Waals surface area contributed by atoms with Crippen LogP contribution in [-0.2, 0) is 15.1 Å². The summed E-state index contributed by atoms with van der Waals surface area (Å²) < 4.78 is 0. The number of nitrogens with zero attached hydrogens (tertiary/aromatic N) is 3. The highest BCUT2D eigenvalue weighted by molar-refractivity contribution is 7.99. The minimum atomic E-state index is -1.41. The Morgan fingerprint density at radius 2 is 1.79 bits per heavy atom. The first-order valence-electron chi connectivity index (χ1n) is 14.2. The van der Waals surface area contributed by atoms with Crippen LogP contribution in [0.3, 0.4) is 0 Å². The summed E-state index contributed by atoms with van der Waals surface area (Å²) in [7, 11) is 2.00. The zero-order valence-corrected chi connectivity index (χ0v) is 24.6. The Bertz CT molecular complexity index is 1700. The Morgan fingerprint density at radius 3 is 2.52 bits per heavy atom.